The molecule has 0 saturated carbocycles. The molecule has 0 spiro atoms. The highest BCUT2D eigenvalue weighted by molar-refractivity contribution is 5.99. The molecule has 1 aromatic carbocycles. The fourth-order valence-electron chi connectivity index (χ4n) is 3.37. The van der Waals surface area contributed by atoms with Gasteiger partial charge < -0.3 is 20.4 Å². The van der Waals surface area contributed by atoms with E-state index in [0.29, 0.717) is 5.69 Å². The van der Waals surface area contributed by atoms with Gasteiger partial charge in [0.15, 0.2) is 0 Å². The van der Waals surface area contributed by atoms with E-state index in [9.17, 15) is 4.79 Å². The first-order chi connectivity index (χ1) is 12.3. The lowest BCUT2D eigenvalue weighted by Crippen LogP contribution is -2.42. The number of aromatic nitrogens is 1. The average molecular weight is 337 g/mol. The number of hydrogen-bond donors (Lipinski definition) is 3. The number of allylic oxidation sites excluding steroid dienone is 4. The number of carbonyl (C=O) groups excluding carboxylic acids is 1. The molecule has 1 fully saturated rings. The second kappa shape index (κ2) is 7.15. The number of nitrogens with one attached hydrogen (secondary N) is 3. The molecule has 2 aliphatic rings. The zero-order valence-electron chi connectivity index (χ0n) is 14.2. The average Bonchev–Trinajstić information content (AvgIpc) is 3.09. The Morgan fingerprint density at radius 3 is 2.92 bits per heavy atom. The maximum Gasteiger partial charge on any atom is 0.267 e. The number of hydrogen-bond acceptors (Lipinski definition) is 3. The number of benzene rings is 1. The molecule has 1 aromatic heterocycles. The number of fused-ring (bicyclic) bond motifs is 1. The van der Waals surface area contributed by atoms with Gasteiger partial charge in [0, 0.05) is 23.4 Å². The van der Waals surface area contributed by atoms with Gasteiger partial charge in [-0.3, -0.25) is 4.79 Å². The van der Waals surface area contributed by atoms with E-state index in [4.69, 9.17) is 4.74 Å². The van der Waals surface area contributed by atoms with Crippen LogP contribution < -0.4 is 15.4 Å². The highest BCUT2D eigenvalue weighted by Gasteiger charge is 2.18. The zero-order valence-corrected chi connectivity index (χ0v) is 14.2. The van der Waals surface area contributed by atoms with Crippen LogP contribution in [0.5, 0.6) is 5.75 Å². The Balaban J connectivity index is 1.55. The SMILES string of the molecule is O=C(NC1CCNCC1)c1cc2c(OC3=CC=CCC3)cccc2[nH]1. The van der Waals surface area contributed by atoms with Crippen LogP contribution in [0.25, 0.3) is 10.9 Å². The van der Waals surface area contributed by atoms with Gasteiger partial charge in [-0.1, -0.05) is 18.2 Å². The van der Waals surface area contributed by atoms with Gasteiger partial charge >= 0.3 is 0 Å². The molecule has 5 nitrogen and oxygen atoms in total. The topological polar surface area (TPSA) is 66.2 Å². The van der Waals surface area contributed by atoms with Crippen molar-refractivity contribution < 1.29 is 9.53 Å². The fourth-order valence-corrected chi connectivity index (χ4v) is 3.37. The van der Waals surface area contributed by atoms with Crippen molar-refractivity contribution in [3.63, 3.8) is 0 Å². The number of piperidine rings is 1. The number of amides is 1. The molecule has 25 heavy (non-hydrogen) atoms. The Morgan fingerprint density at radius 1 is 1.24 bits per heavy atom. The van der Waals surface area contributed by atoms with Crippen molar-refractivity contribution in [2.75, 3.05) is 13.1 Å². The minimum atomic E-state index is -0.0473. The van der Waals surface area contributed by atoms with Gasteiger partial charge in [0.25, 0.3) is 5.91 Å². The smallest absolute Gasteiger partial charge is 0.267 e. The van der Waals surface area contributed by atoms with Crippen molar-refractivity contribution in [2.24, 2.45) is 0 Å². The molecule has 2 heterocycles. The molecule has 5 heteroatoms. The van der Waals surface area contributed by atoms with Gasteiger partial charge in [0.05, 0.1) is 0 Å². The van der Waals surface area contributed by atoms with Crippen LogP contribution in [0.15, 0.2) is 48.3 Å². The van der Waals surface area contributed by atoms with Gasteiger partial charge in [0.1, 0.15) is 17.2 Å². The van der Waals surface area contributed by atoms with E-state index in [-0.39, 0.29) is 11.9 Å². The van der Waals surface area contributed by atoms with Crippen molar-refractivity contribution in [1.82, 2.24) is 15.6 Å². The molecule has 1 aliphatic carbocycles. The van der Waals surface area contributed by atoms with Crippen molar-refractivity contribution in [1.29, 1.82) is 0 Å². The minimum Gasteiger partial charge on any atom is -0.461 e. The molecular weight excluding hydrogens is 314 g/mol. The van der Waals surface area contributed by atoms with Crippen molar-refractivity contribution in [2.45, 2.75) is 31.7 Å². The molecule has 1 saturated heterocycles. The largest absolute Gasteiger partial charge is 0.461 e. The maximum atomic E-state index is 12.6. The second-order valence-corrected chi connectivity index (χ2v) is 6.60. The minimum absolute atomic E-state index is 0.0473. The van der Waals surface area contributed by atoms with Crippen LogP contribution in [0.3, 0.4) is 0 Å². The van der Waals surface area contributed by atoms with Gasteiger partial charge in [-0.25, -0.2) is 0 Å². The monoisotopic (exact) mass is 337 g/mol. The molecule has 0 bridgehead atoms. The quantitative estimate of drug-likeness (QED) is 0.802. The van der Waals surface area contributed by atoms with E-state index in [0.717, 1.165) is 61.2 Å². The highest BCUT2D eigenvalue weighted by Crippen LogP contribution is 2.29. The van der Waals surface area contributed by atoms with E-state index in [1.54, 1.807) is 0 Å². The van der Waals surface area contributed by atoms with Gasteiger partial charge in [0.2, 0.25) is 0 Å². The van der Waals surface area contributed by atoms with Gasteiger partial charge in [-0.05, 0) is 56.6 Å². The Kier molecular flexibility index (Phi) is 4.57. The molecule has 0 atom stereocenters. The molecule has 130 valence electrons. The van der Waals surface area contributed by atoms with E-state index >= 15 is 0 Å². The van der Waals surface area contributed by atoms with E-state index in [1.807, 2.05) is 36.4 Å². The van der Waals surface area contributed by atoms with Crippen LogP contribution >= 0.6 is 0 Å². The summed E-state index contributed by atoms with van der Waals surface area (Å²) in [5.41, 5.74) is 1.50. The Labute approximate surface area is 147 Å². The van der Waals surface area contributed by atoms with E-state index in [1.165, 1.54) is 0 Å². The van der Waals surface area contributed by atoms with Gasteiger partial charge in [-0.15, -0.1) is 0 Å². The van der Waals surface area contributed by atoms with Gasteiger partial charge in [-0.2, -0.15) is 0 Å². The third kappa shape index (κ3) is 3.61. The molecular formula is C20H23N3O2. The standard InChI is InChI=1S/C20H23N3O2/c24-20(22-14-9-11-21-12-10-14)18-13-16-17(23-18)7-4-8-19(16)25-15-5-2-1-3-6-15/h1-2,4-5,7-8,13-14,21,23H,3,6,9-12H2,(H,22,24). The Morgan fingerprint density at radius 2 is 2.12 bits per heavy atom. The lowest BCUT2D eigenvalue weighted by Gasteiger charge is -2.23. The maximum absolute atomic E-state index is 12.6. The number of ether oxygens (including phenoxy) is 1. The molecule has 1 aliphatic heterocycles. The van der Waals surface area contributed by atoms with Crippen LogP contribution in [0.1, 0.15) is 36.2 Å². The van der Waals surface area contributed by atoms with Crippen LogP contribution in [0.2, 0.25) is 0 Å². The Bertz CT molecular complexity index is 829. The summed E-state index contributed by atoms with van der Waals surface area (Å²) in [6, 6.07) is 8.00. The molecule has 2 aromatic rings. The number of carbonyl (C=O) groups is 1. The summed E-state index contributed by atoms with van der Waals surface area (Å²) in [4.78, 5) is 15.8. The molecule has 1 amide bonds. The second-order valence-electron chi connectivity index (χ2n) is 6.60. The number of H-pyrrole nitrogens is 1. The van der Waals surface area contributed by atoms with E-state index in [2.05, 4.69) is 21.7 Å². The molecule has 0 radical (unpaired) electrons. The fraction of sp³-hybridized carbons (Fsp3) is 0.350. The summed E-state index contributed by atoms with van der Waals surface area (Å²) in [6.07, 6.45) is 10.0. The third-order valence-corrected chi connectivity index (χ3v) is 4.76. The van der Waals surface area contributed by atoms with Crippen molar-refractivity contribution in [3.8, 4) is 5.75 Å². The third-order valence-electron chi connectivity index (χ3n) is 4.76. The summed E-state index contributed by atoms with van der Waals surface area (Å²) < 4.78 is 6.06. The van der Waals surface area contributed by atoms with Crippen LogP contribution in [0.4, 0.5) is 0 Å². The zero-order chi connectivity index (χ0) is 17.1. The lowest BCUT2D eigenvalue weighted by molar-refractivity contribution is 0.0925. The first-order valence-corrected chi connectivity index (χ1v) is 8.96. The predicted octanol–water partition coefficient (Wildman–Crippen LogP) is 3.26. The van der Waals surface area contributed by atoms with E-state index < -0.39 is 0 Å². The number of rotatable bonds is 4. The first kappa shape index (κ1) is 16.0. The summed E-state index contributed by atoms with van der Waals surface area (Å²) in [5.74, 6) is 1.70. The predicted molar refractivity (Wildman–Crippen MR) is 98.7 cm³/mol. The highest BCUT2D eigenvalue weighted by atomic mass is 16.5. The summed E-state index contributed by atoms with van der Waals surface area (Å²) in [7, 11) is 0. The van der Waals surface area contributed by atoms with Crippen molar-refractivity contribution >= 4 is 16.8 Å². The summed E-state index contributed by atoms with van der Waals surface area (Å²) in [5, 5.41) is 7.37. The van der Waals surface area contributed by atoms with Crippen LogP contribution in [0, 0.1) is 0 Å². The Hall–Kier alpha value is -2.53. The normalized spacial score (nSPS) is 18.2. The van der Waals surface area contributed by atoms with Crippen molar-refractivity contribution in [3.05, 3.63) is 53.9 Å². The molecule has 0 unspecified atom stereocenters. The molecule has 4 rings (SSSR count). The summed E-state index contributed by atoms with van der Waals surface area (Å²) in [6.45, 7) is 1.92. The van der Waals surface area contributed by atoms with Crippen LogP contribution in [-0.4, -0.2) is 30.0 Å². The summed E-state index contributed by atoms with van der Waals surface area (Å²) >= 11 is 0. The molecule has 3 N–H and O–H groups in total. The number of aromatic amines is 1. The first-order valence-electron chi connectivity index (χ1n) is 8.96. The van der Waals surface area contributed by atoms with Crippen LogP contribution in [-0.2, 0) is 0 Å². The lowest BCUT2D eigenvalue weighted by atomic mass is 10.1.